The van der Waals surface area contributed by atoms with Crippen molar-refractivity contribution < 1.29 is 18.7 Å². The summed E-state index contributed by atoms with van der Waals surface area (Å²) in [6, 6.07) is 7.76. The molecule has 0 radical (unpaired) electrons. The summed E-state index contributed by atoms with van der Waals surface area (Å²) in [7, 11) is 1.39. The van der Waals surface area contributed by atoms with E-state index in [9.17, 15) is 4.79 Å². The predicted octanol–water partition coefficient (Wildman–Crippen LogP) is 2.18. The first-order valence-corrected chi connectivity index (χ1v) is 5.84. The average molecular weight is 246 g/mol. The highest BCUT2D eigenvalue weighted by molar-refractivity contribution is 5.89. The van der Waals surface area contributed by atoms with Gasteiger partial charge in [0.2, 0.25) is 0 Å². The number of benzene rings is 1. The van der Waals surface area contributed by atoms with Gasteiger partial charge in [0.05, 0.1) is 20.3 Å². The molecule has 0 spiro atoms. The van der Waals surface area contributed by atoms with Crippen LogP contribution in [0.5, 0.6) is 0 Å². The molecule has 0 N–H and O–H groups in total. The molecule has 1 aliphatic heterocycles. The number of methoxy groups -OCH3 is 1. The lowest BCUT2D eigenvalue weighted by molar-refractivity contribution is -0.168. The quantitative estimate of drug-likeness (QED) is 0.762. The molecule has 3 rings (SSSR count). The smallest absolute Gasteiger partial charge is 0.324 e. The molecule has 1 aliphatic rings. The van der Waals surface area contributed by atoms with Crippen molar-refractivity contribution >= 4 is 16.9 Å². The van der Waals surface area contributed by atoms with Gasteiger partial charge < -0.3 is 13.9 Å². The van der Waals surface area contributed by atoms with Crippen LogP contribution in [0.4, 0.5) is 0 Å². The molecule has 0 aliphatic carbocycles. The van der Waals surface area contributed by atoms with Crippen LogP contribution in [-0.2, 0) is 19.7 Å². The summed E-state index contributed by atoms with van der Waals surface area (Å²) >= 11 is 0. The molecule has 0 atom stereocenters. The van der Waals surface area contributed by atoms with Crippen LogP contribution < -0.4 is 0 Å². The molecule has 18 heavy (non-hydrogen) atoms. The van der Waals surface area contributed by atoms with E-state index in [1.54, 1.807) is 0 Å². The van der Waals surface area contributed by atoms with Gasteiger partial charge in [-0.1, -0.05) is 18.2 Å². The Bertz CT molecular complexity index is 607. The van der Waals surface area contributed by atoms with Crippen molar-refractivity contribution in [2.24, 2.45) is 0 Å². The van der Waals surface area contributed by atoms with Crippen molar-refractivity contribution in [3.63, 3.8) is 0 Å². The molecule has 1 saturated heterocycles. The maximum Gasteiger partial charge on any atom is 0.324 e. The fourth-order valence-corrected chi connectivity index (χ4v) is 2.47. The van der Waals surface area contributed by atoms with Gasteiger partial charge in [-0.15, -0.1) is 0 Å². The zero-order chi connectivity index (χ0) is 12.8. The van der Waals surface area contributed by atoms with Crippen molar-refractivity contribution in [3.8, 4) is 0 Å². The molecule has 0 unspecified atom stereocenters. The van der Waals surface area contributed by atoms with Gasteiger partial charge in [-0.25, -0.2) is 0 Å². The first-order chi connectivity index (χ1) is 8.69. The van der Waals surface area contributed by atoms with Gasteiger partial charge in [0, 0.05) is 5.39 Å². The van der Waals surface area contributed by atoms with Gasteiger partial charge in [-0.05, 0) is 18.6 Å². The zero-order valence-corrected chi connectivity index (χ0v) is 10.4. The number of carbonyl (C=O) groups is 1. The van der Waals surface area contributed by atoms with E-state index >= 15 is 0 Å². The Kier molecular flexibility index (Phi) is 2.41. The Morgan fingerprint density at radius 2 is 2.06 bits per heavy atom. The van der Waals surface area contributed by atoms with E-state index in [4.69, 9.17) is 13.9 Å². The third-order valence-corrected chi connectivity index (χ3v) is 3.55. The highest BCUT2D eigenvalue weighted by Gasteiger charge is 2.52. The average Bonchev–Trinajstić information content (AvgIpc) is 2.67. The number of furan rings is 1. The van der Waals surface area contributed by atoms with Crippen LogP contribution in [0.25, 0.3) is 11.0 Å². The van der Waals surface area contributed by atoms with E-state index in [0.717, 1.165) is 16.5 Å². The summed E-state index contributed by atoms with van der Waals surface area (Å²) in [5, 5.41) is 1.03. The maximum absolute atomic E-state index is 12.0. The van der Waals surface area contributed by atoms with Crippen LogP contribution in [-0.4, -0.2) is 26.3 Å². The molecular weight excluding hydrogens is 232 g/mol. The monoisotopic (exact) mass is 246 g/mol. The number of para-hydroxylation sites is 1. The summed E-state index contributed by atoms with van der Waals surface area (Å²) < 4.78 is 15.9. The molecule has 2 aromatic rings. The number of carbonyl (C=O) groups excluding carboxylic acids is 1. The van der Waals surface area contributed by atoms with Crippen molar-refractivity contribution in [1.82, 2.24) is 0 Å². The van der Waals surface area contributed by atoms with Crippen molar-refractivity contribution in [3.05, 3.63) is 35.6 Å². The summed E-state index contributed by atoms with van der Waals surface area (Å²) in [6.07, 6.45) is 0. The van der Waals surface area contributed by atoms with Crippen LogP contribution in [0.1, 0.15) is 11.3 Å². The lowest BCUT2D eigenvalue weighted by atomic mass is 9.81. The van der Waals surface area contributed by atoms with E-state index in [-0.39, 0.29) is 5.97 Å². The molecule has 1 aromatic heterocycles. The molecule has 1 fully saturated rings. The number of rotatable bonds is 2. The SMILES string of the molecule is COC(=O)C1(c2oc3ccccc3c2C)COC1. The lowest BCUT2D eigenvalue weighted by Crippen LogP contribution is -2.53. The fourth-order valence-electron chi connectivity index (χ4n) is 2.47. The topological polar surface area (TPSA) is 48.7 Å². The fraction of sp³-hybridized carbons (Fsp3) is 0.357. The van der Waals surface area contributed by atoms with Crippen LogP contribution in [0.15, 0.2) is 28.7 Å². The number of esters is 1. The molecule has 0 bridgehead atoms. The van der Waals surface area contributed by atoms with Crippen molar-refractivity contribution in [1.29, 1.82) is 0 Å². The Morgan fingerprint density at radius 3 is 2.61 bits per heavy atom. The van der Waals surface area contributed by atoms with Crippen LogP contribution in [0.2, 0.25) is 0 Å². The molecular formula is C14H14O4. The van der Waals surface area contributed by atoms with Gasteiger partial charge in [-0.2, -0.15) is 0 Å². The molecule has 94 valence electrons. The Labute approximate surface area is 104 Å². The Balaban J connectivity index is 2.19. The molecule has 1 aromatic carbocycles. The van der Waals surface area contributed by atoms with E-state index in [2.05, 4.69) is 0 Å². The standard InChI is InChI=1S/C14H14O4/c1-9-10-5-3-4-6-11(10)18-12(9)14(7-17-8-14)13(15)16-2/h3-6H,7-8H2,1-2H3. The minimum Gasteiger partial charge on any atom is -0.468 e. The van der Waals surface area contributed by atoms with Crippen molar-refractivity contribution in [2.75, 3.05) is 20.3 Å². The number of hydrogen-bond donors (Lipinski definition) is 0. The minimum atomic E-state index is -0.766. The number of ether oxygens (including phenoxy) is 2. The minimum absolute atomic E-state index is 0.295. The first-order valence-electron chi connectivity index (χ1n) is 5.84. The second-order valence-electron chi connectivity index (χ2n) is 4.62. The highest BCUT2D eigenvalue weighted by Crippen LogP contribution is 2.39. The van der Waals surface area contributed by atoms with Gasteiger partial charge in [-0.3, -0.25) is 4.79 Å². The molecule has 0 saturated carbocycles. The van der Waals surface area contributed by atoms with E-state index < -0.39 is 5.41 Å². The van der Waals surface area contributed by atoms with Gasteiger partial charge in [0.25, 0.3) is 0 Å². The van der Waals surface area contributed by atoms with E-state index in [0.29, 0.717) is 19.0 Å². The Morgan fingerprint density at radius 1 is 1.33 bits per heavy atom. The van der Waals surface area contributed by atoms with Crippen LogP contribution >= 0.6 is 0 Å². The number of hydrogen-bond acceptors (Lipinski definition) is 4. The summed E-state index contributed by atoms with van der Waals surface area (Å²) in [5.41, 5.74) is 1.01. The number of aryl methyl sites for hydroxylation is 1. The summed E-state index contributed by atoms with van der Waals surface area (Å²) in [6.45, 7) is 2.60. The predicted molar refractivity (Wildman–Crippen MR) is 65.5 cm³/mol. The normalized spacial score (nSPS) is 17.4. The third kappa shape index (κ3) is 1.32. The van der Waals surface area contributed by atoms with Crippen molar-refractivity contribution in [2.45, 2.75) is 12.3 Å². The molecule has 4 heteroatoms. The maximum atomic E-state index is 12.0. The first kappa shape index (κ1) is 11.3. The highest BCUT2D eigenvalue weighted by atomic mass is 16.5. The molecule has 0 amide bonds. The zero-order valence-electron chi connectivity index (χ0n) is 10.4. The second kappa shape index (κ2) is 3.85. The van der Waals surface area contributed by atoms with E-state index in [1.807, 2.05) is 31.2 Å². The third-order valence-electron chi connectivity index (χ3n) is 3.55. The van der Waals surface area contributed by atoms with Gasteiger partial charge in [0.15, 0.2) is 5.41 Å². The van der Waals surface area contributed by atoms with Crippen LogP contribution in [0, 0.1) is 6.92 Å². The summed E-state index contributed by atoms with van der Waals surface area (Å²) in [5.74, 6) is 0.373. The second-order valence-corrected chi connectivity index (χ2v) is 4.62. The van der Waals surface area contributed by atoms with Gasteiger partial charge in [0.1, 0.15) is 11.3 Å². The Hall–Kier alpha value is -1.81. The van der Waals surface area contributed by atoms with Gasteiger partial charge >= 0.3 is 5.97 Å². The summed E-state index contributed by atoms with van der Waals surface area (Å²) in [4.78, 5) is 12.0. The van der Waals surface area contributed by atoms with E-state index in [1.165, 1.54) is 7.11 Å². The largest absolute Gasteiger partial charge is 0.468 e. The number of fused-ring (bicyclic) bond motifs is 1. The molecule has 4 nitrogen and oxygen atoms in total. The molecule has 2 heterocycles. The van der Waals surface area contributed by atoms with Crippen LogP contribution in [0.3, 0.4) is 0 Å². The lowest BCUT2D eigenvalue weighted by Gasteiger charge is -2.37.